The smallest absolute Gasteiger partial charge is 0.139 e. The van der Waals surface area contributed by atoms with Gasteiger partial charge in [-0.15, -0.1) is 0 Å². The molecule has 9 aromatic carbocycles. The summed E-state index contributed by atoms with van der Waals surface area (Å²) in [5, 5.41) is 8.96. The Labute approximate surface area is 336 Å². The number of para-hydroxylation sites is 4. The molecule has 0 fully saturated rings. The van der Waals surface area contributed by atoms with Gasteiger partial charge in [-0.3, -0.25) is 0 Å². The molecule has 0 amide bonds. The monoisotopic (exact) mass is 748 g/mol. The number of hydrogen-bond acceptors (Lipinski definition) is 4. The van der Waals surface area contributed by atoms with E-state index in [-0.39, 0.29) is 0 Å². The molecule has 4 nitrogen and oxygen atoms in total. The van der Waals surface area contributed by atoms with Crippen LogP contribution in [0.3, 0.4) is 0 Å². The maximum Gasteiger partial charge on any atom is 0.139 e. The minimum Gasteiger partial charge on any atom is -0.456 e. The van der Waals surface area contributed by atoms with Crippen LogP contribution in [-0.4, -0.2) is 0 Å². The fraction of sp³-hybridized carbons (Fsp3) is 0.0741. The van der Waals surface area contributed by atoms with Crippen molar-refractivity contribution in [1.29, 1.82) is 0 Å². The summed E-state index contributed by atoms with van der Waals surface area (Å²) in [5.41, 5.74) is 14.9. The average molecular weight is 749 g/mol. The summed E-state index contributed by atoms with van der Waals surface area (Å²) in [5.74, 6) is 0. The Hall–Kier alpha value is -7.30. The zero-order chi connectivity index (χ0) is 39.1. The van der Waals surface area contributed by atoms with Gasteiger partial charge >= 0.3 is 0 Å². The summed E-state index contributed by atoms with van der Waals surface area (Å²) in [6.07, 6.45) is 0. The van der Waals surface area contributed by atoms with Gasteiger partial charge in [-0.05, 0) is 156 Å². The number of aryl methyl sites for hydroxylation is 4. The predicted molar refractivity (Wildman–Crippen MR) is 244 cm³/mol. The van der Waals surface area contributed by atoms with E-state index in [4.69, 9.17) is 8.83 Å². The molecule has 0 radical (unpaired) electrons. The molecule has 58 heavy (non-hydrogen) atoms. The van der Waals surface area contributed by atoms with E-state index < -0.39 is 0 Å². The Morgan fingerprint density at radius 2 is 0.741 bits per heavy atom. The fourth-order valence-electron chi connectivity index (χ4n) is 8.94. The topological polar surface area (TPSA) is 32.8 Å². The van der Waals surface area contributed by atoms with E-state index >= 15 is 0 Å². The number of benzene rings is 9. The maximum atomic E-state index is 6.85. The van der Waals surface area contributed by atoms with Gasteiger partial charge in [0.25, 0.3) is 0 Å². The lowest BCUT2D eigenvalue weighted by Crippen LogP contribution is -2.11. The molecule has 278 valence electrons. The molecule has 0 unspecified atom stereocenters. The van der Waals surface area contributed by atoms with Crippen LogP contribution in [0, 0.1) is 27.7 Å². The van der Waals surface area contributed by atoms with Crippen molar-refractivity contribution in [3.8, 4) is 0 Å². The zero-order valence-electron chi connectivity index (χ0n) is 32.9. The average Bonchev–Trinajstić information content (AvgIpc) is 3.81. The first-order valence-corrected chi connectivity index (χ1v) is 19.9. The van der Waals surface area contributed by atoms with Gasteiger partial charge in [0.15, 0.2) is 0 Å². The molecule has 0 saturated carbocycles. The standard InChI is InChI=1S/C54H40N2O2/c1-33-15-11-13-21-47(33)55(41-17-7-5-8-18-41)43-25-23-37-29-45-49(31-39(37)27-43)57-53-35(3)36(4)54-52(51(45)53)46-30-38-24-26-44(28-40(38)32-50(46)58-54)56(42-19-9-6-10-20-42)48-22-14-12-16-34(48)2/h5-32H,1-4H3. The van der Waals surface area contributed by atoms with Crippen LogP contribution in [0.15, 0.2) is 179 Å². The van der Waals surface area contributed by atoms with Gasteiger partial charge in [0.1, 0.15) is 22.3 Å². The molecule has 0 saturated heterocycles. The molecule has 0 bridgehead atoms. The summed E-state index contributed by atoms with van der Waals surface area (Å²) in [6.45, 7) is 8.64. The van der Waals surface area contributed by atoms with E-state index in [1.165, 1.54) is 11.1 Å². The zero-order valence-corrected chi connectivity index (χ0v) is 32.9. The minimum atomic E-state index is 0.869. The van der Waals surface area contributed by atoms with Gasteiger partial charge in [-0.2, -0.15) is 0 Å². The highest BCUT2D eigenvalue weighted by Gasteiger charge is 2.23. The molecule has 0 spiro atoms. The number of anilines is 6. The molecular weight excluding hydrogens is 709 g/mol. The minimum absolute atomic E-state index is 0.869. The van der Waals surface area contributed by atoms with Crippen LogP contribution in [0.4, 0.5) is 34.1 Å². The van der Waals surface area contributed by atoms with E-state index in [1.807, 2.05) is 0 Å². The number of nitrogens with zero attached hydrogens (tertiary/aromatic N) is 2. The Balaban J connectivity index is 1.09. The van der Waals surface area contributed by atoms with Crippen molar-refractivity contribution < 1.29 is 8.83 Å². The van der Waals surface area contributed by atoms with E-state index in [1.54, 1.807) is 0 Å². The first kappa shape index (κ1) is 34.0. The molecule has 4 heteroatoms. The summed E-state index contributed by atoms with van der Waals surface area (Å²) in [4.78, 5) is 4.67. The fourth-order valence-corrected chi connectivity index (χ4v) is 8.94. The van der Waals surface area contributed by atoms with E-state index in [9.17, 15) is 0 Å². The Bertz CT molecular complexity index is 3170. The van der Waals surface area contributed by atoms with Crippen molar-refractivity contribution >= 4 is 99.5 Å². The second kappa shape index (κ2) is 13.1. The lowest BCUT2D eigenvalue weighted by atomic mass is 9.96. The van der Waals surface area contributed by atoms with Crippen LogP contribution in [0.25, 0.3) is 65.4 Å². The Morgan fingerprint density at radius 3 is 1.16 bits per heavy atom. The van der Waals surface area contributed by atoms with Gasteiger partial charge < -0.3 is 18.6 Å². The normalized spacial score (nSPS) is 11.8. The largest absolute Gasteiger partial charge is 0.456 e. The molecule has 2 heterocycles. The van der Waals surface area contributed by atoms with Crippen LogP contribution in [0.5, 0.6) is 0 Å². The van der Waals surface area contributed by atoms with Gasteiger partial charge in [0.2, 0.25) is 0 Å². The van der Waals surface area contributed by atoms with Crippen LogP contribution in [0.1, 0.15) is 22.3 Å². The van der Waals surface area contributed by atoms with Crippen molar-refractivity contribution in [3.05, 3.63) is 192 Å². The molecule has 0 aliphatic carbocycles. The van der Waals surface area contributed by atoms with Crippen molar-refractivity contribution in [3.63, 3.8) is 0 Å². The second-order valence-corrected chi connectivity index (χ2v) is 15.5. The van der Waals surface area contributed by atoms with Crippen LogP contribution < -0.4 is 9.80 Å². The molecule has 2 aromatic heterocycles. The van der Waals surface area contributed by atoms with Crippen LogP contribution >= 0.6 is 0 Å². The summed E-state index contributed by atoms with van der Waals surface area (Å²) in [6, 6.07) is 60.8. The van der Waals surface area contributed by atoms with Crippen molar-refractivity contribution in [2.24, 2.45) is 0 Å². The Morgan fingerprint density at radius 1 is 0.345 bits per heavy atom. The van der Waals surface area contributed by atoms with E-state index in [0.29, 0.717) is 0 Å². The van der Waals surface area contributed by atoms with Gasteiger partial charge in [0.05, 0.1) is 0 Å². The molecule has 0 N–H and O–H groups in total. The lowest BCUT2D eigenvalue weighted by Gasteiger charge is -2.27. The highest BCUT2D eigenvalue weighted by Crippen LogP contribution is 2.47. The summed E-state index contributed by atoms with van der Waals surface area (Å²) >= 11 is 0. The van der Waals surface area contributed by atoms with Gasteiger partial charge in [-0.25, -0.2) is 0 Å². The first-order valence-electron chi connectivity index (χ1n) is 19.9. The quantitative estimate of drug-likeness (QED) is 0.170. The van der Waals surface area contributed by atoms with Crippen molar-refractivity contribution in [2.45, 2.75) is 27.7 Å². The van der Waals surface area contributed by atoms with E-state index in [0.717, 1.165) is 111 Å². The number of hydrogen-bond donors (Lipinski definition) is 0. The highest BCUT2D eigenvalue weighted by atomic mass is 16.3. The maximum absolute atomic E-state index is 6.85. The van der Waals surface area contributed by atoms with Crippen LogP contribution in [-0.2, 0) is 0 Å². The summed E-state index contributed by atoms with van der Waals surface area (Å²) < 4.78 is 13.7. The van der Waals surface area contributed by atoms with Crippen molar-refractivity contribution in [2.75, 3.05) is 9.80 Å². The van der Waals surface area contributed by atoms with Gasteiger partial charge in [-0.1, -0.05) is 84.9 Å². The second-order valence-electron chi connectivity index (χ2n) is 15.5. The molecule has 0 aliphatic heterocycles. The number of fused-ring (bicyclic) bond motifs is 9. The highest BCUT2D eigenvalue weighted by molar-refractivity contribution is 6.29. The molecule has 0 atom stereocenters. The van der Waals surface area contributed by atoms with E-state index in [2.05, 4.69) is 207 Å². The van der Waals surface area contributed by atoms with Gasteiger partial charge in [0, 0.05) is 55.7 Å². The molecule has 11 aromatic rings. The third-order valence-corrected chi connectivity index (χ3v) is 12.0. The molecule has 0 aliphatic rings. The van der Waals surface area contributed by atoms with Crippen LogP contribution in [0.2, 0.25) is 0 Å². The molecule has 11 rings (SSSR count). The SMILES string of the molecule is Cc1ccccc1N(c1ccccc1)c1ccc2cc3c(cc2c1)oc1c(C)c(C)c2oc4cc5cc(N(c6ccccc6)c6ccccc6C)ccc5cc4c2c13. The molecular formula is C54H40N2O2. The third kappa shape index (κ3) is 5.29. The third-order valence-electron chi connectivity index (χ3n) is 12.0. The summed E-state index contributed by atoms with van der Waals surface area (Å²) in [7, 11) is 0. The predicted octanol–water partition coefficient (Wildman–Crippen LogP) is 16.0. The number of furan rings is 2. The number of rotatable bonds is 6. The lowest BCUT2D eigenvalue weighted by molar-refractivity contribution is 0.657. The van der Waals surface area contributed by atoms with Crippen molar-refractivity contribution in [1.82, 2.24) is 0 Å². The first-order chi connectivity index (χ1) is 28.4. The Kier molecular flexibility index (Phi) is 7.70.